The van der Waals surface area contributed by atoms with E-state index in [4.69, 9.17) is 5.73 Å². The molecule has 0 aliphatic carbocycles. The number of hydrogen-bond donors (Lipinski definition) is 2. The summed E-state index contributed by atoms with van der Waals surface area (Å²) in [5, 5.41) is 9.98. The SMILES string of the molecule is Cc1c(N)cccc1C(=O)Nc1nnns1. The predicted octanol–water partition coefficient (Wildman–Crippen LogP) is 1.08. The lowest BCUT2D eigenvalue weighted by Crippen LogP contribution is -2.14. The van der Waals surface area contributed by atoms with Crippen molar-refractivity contribution in [3.8, 4) is 0 Å². The van der Waals surface area contributed by atoms with Gasteiger partial charge in [-0.1, -0.05) is 15.7 Å². The molecule has 1 aromatic carbocycles. The van der Waals surface area contributed by atoms with Gasteiger partial charge in [-0.25, -0.2) is 0 Å². The predicted molar refractivity (Wildman–Crippen MR) is 61.2 cm³/mol. The highest BCUT2D eigenvalue weighted by atomic mass is 32.1. The maximum atomic E-state index is 11.8. The molecule has 6 nitrogen and oxygen atoms in total. The number of carbonyl (C=O) groups excluding carboxylic acids is 1. The molecule has 0 aliphatic heterocycles. The zero-order valence-electron chi connectivity index (χ0n) is 8.47. The largest absolute Gasteiger partial charge is 0.398 e. The molecule has 0 bridgehead atoms. The van der Waals surface area contributed by atoms with E-state index < -0.39 is 0 Å². The minimum atomic E-state index is -0.261. The zero-order valence-corrected chi connectivity index (χ0v) is 9.28. The van der Waals surface area contributed by atoms with Crippen molar-refractivity contribution in [1.82, 2.24) is 14.8 Å². The topological polar surface area (TPSA) is 93.8 Å². The second-order valence-corrected chi connectivity index (χ2v) is 3.87. The van der Waals surface area contributed by atoms with E-state index in [0.717, 1.165) is 17.1 Å². The van der Waals surface area contributed by atoms with Crippen LogP contribution in [0.3, 0.4) is 0 Å². The average molecular weight is 235 g/mol. The number of anilines is 2. The van der Waals surface area contributed by atoms with Gasteiger partial charge in [0, 0.05) is 22.8 Å². The van der Waals surface area contributed by atoms with Crippen LogP contribution in [0.5, 0.6) is 0 Å². The molecule has 2 rings (SSSR count). The molecule has 1 heterocycles. The Morgan fingerprint density at radius 1 is 1.50 bits per heavy atom. The smallest absolute Gasteiger partial charge is 0.257 e. The Morgan fingerprint density at radius 2 is 2.31 bits per heavy atom. The number of rotatable bonds is 2. The van der Waals surface area contributed by atoms with Crippen molar-refractivity contribution in [2.45, 2.75) is 6.92 Å². The van der Waals surface area contributed by atoms with Crippen LogP contribution in [-0.4, -0.2) is 20.7 Å². The third kappa shape index (κ3) is 1.98. The standard InChI is InChI=1S/C9H9N5OS/c1-5-6(3-2-4-7(5)10)8(15)11-9-12-13-14-16-9/h2-4H,10H2,1H3,(H,11,12,14,15). The van der Waals surface area contributed by atoms with Crippen LogP contribution < -0.4 is 11.1 Å². The first-order chi connectivity index (χ1) is 7.68. The first-order valence-corrected chi connectivity index (χ1v) is 5.27. The molecular formula is C9H9N5OS. The van der Waals surface area contributed by atoms with E-state index in [0.29, 0.717) is 16.4 Å². The second-order valence-electron chi connectivity index (χ2n) is 3.14. The van der Waals surface area contributed by atoms with Crippen molar-refractivity contribution in [3.63, 3.8) is 0 Å². The molecule has 1 amide bonds. The normalized spacial score (nSPS) is 10.1. The lowest BCUT2D eigenvalue weighted by atomic mass is 10.1. The molecule has 7 heteroatoms. The highest BCUT2D eigenvalue weighted by Gasteiger charge is 2.12. The molecule has 2 aromatic rings. The van der Waals surface area contributed by atoms with Crippen LogP contribution in [0.15, 0.2) is 18.2 Å². The molecule has 82 valence electrons. The first-order valence-electron chi connectivity index (χ1n) is 4.50. The minimum absolute atomic E-state index is 0.261. The van der Waals surface area contributed by atoms with Gasteiger partial charge in [0.2, 0.25) is 5.13 Å². The summed E-state index contributed by atoms with van der Waals surface area (Å²) >= 11 is 1.02. The maximum Gasteiger partial charge on any atom is 0.257 e. The molecule has 0 fully saturated rings. The fourth-order valence-electron chi connectivity index (χ4n) is 1.25. The lowest BCUT2D eigenvalue weighted by Gasteiger charge is -2.06. The monoisotopic (exact) mass is 235 g/mol. The second kappa shape index (κ2) is 4.23. The lowest BCUT2D eigenvalue weighted by molar-refractivity contribution is 0.102. The van der Waals surface area contributed by atoms with E-state index in [1.54, 1.807) is 25.1 Å². The van der Waals surface area contributed by atoms with Gasteiger partial charge in [-0.3, -0.25) is 10.1 Å². The van der Waals surface area contributed by atoms with E-state index in [1.807, 2.05) is 0 Å². The van der Waals surface area contributed by atoms with E-state index >= 15 is 0 Å². The molecular weight excluding hydrogens is 226 g/mol. The van der Waals surface area contributed by atoms with Crippen molar-refractivity contribution in [3.05, 3.63) is 29.3 Å². The summed E-state index contributed by atoms with van der Waals surface area (Å²) in [4.78, 5) is 11.8. The third-order valence-corrected chi connectivity index (χ3v) is 2.65. The Labute approximate surface area is 95.6 Å². The number of nitrogens with zero attached hydrogens (tertiary/aromatic N) is 3. The van der Waals surface area contributed by atoms with Crippen LogP contribution in [0.1, 0.15) is 15.9 Å². The number of aromatic nitrogens is 3. The number of nitrogens with two attached hydrogens (primary N) is 1. The molecule has 0 atom stereocenters. The highest BCUT2D eigenvalue weighted by molar-refractivity contribution is 7.09. The number of carbonyl (C=O) groups is 1. The van der Waals surface area contributed by atoms with E-state index in [1.165, 1.54) is 0 Å². The molecule has 3 N–H and O–H groups in total. The molecule has 0 spiro atoms. The van der Waals surface area contributed by atoms with Crippen LogP contribution >= 0.6 is 11.5 Å². The van der Waals surface area contributed by atoms with Crippen molar-refractivity contribution < 1.29 is 4.79 Å². The van der Waals surface area contributed by atoms with E-state index in [9.17, 15) is 4.79 Å². The quantitative estimate of drug-likeness (QED) is 0.759. The van der Waals surface area contributed by atoms with Gasteiger partial charge in [-0.2, -0.15) is 0 Å². The summed E-state index contributed by atoms with van der Waals surface area (Å²) in [6, 6.07) is 5.18. The maximum absolute atomic E-state index is 11.8. The van der Waals surface area contributed by atoms with Gasteiger partial charge in [0.1, 0.15) is 0 Å². The summed E-state index contributed by atoms with van der Waals surface area (Å²) in [5.41, 5.74) is 7.57. The molecule has 0 saturated carbocycles. The van der Waals surface area contributed by atoms with Crippen LogP contribution in [0, 0.1) is 6.92 Å². The zero-order chi connectivity index (χ0) is 11.5. The van der Waals surface area contributed by atoms with Crippen molar-refractivity contribution in [2.24, 2.45) is 0 Å². The summed E-state index contributed by atoms with van der Waals surface area (Å²) < 4.78 is 3.55. The molecule has 0 unspecified atom stereocenters. The molecule has 0 aliphatic rings. The fraction of sp³-hybridized carbons (Fsp3) is 0.111. The Morgan fingerprint density at radius 3 is 3.00 bits per heavy atom. The fourth-order valence-corrected chi connectivity index (χ4v) is 1.61. The van der Waals surface area contributed by atoms with Gasteiger partial charge in [-0.15, -0.1) is 0 Å². The van der Waals surface area contributed by atoms with Crippen molar-refractivity contribution >= 4 is 28.3 Å². The van der Waals surface area contributed by atoms with Gasteiger partial charge in [0.05, 0.1) is 0 Å². The highest BCUT2D eigenvalue weighted by Crippen LogP contribution is 2.17. The third-order valence-electron chi connectivity index (χ3n) is 2.14. The Bertz CT molecular complexity index is 511. The number of nitrogen functional groups attached to an aromatic ring is 1. The van der Waals surface area contributed by atoms with Gasteiger partial charge < -0.3 is 5.73 Å². The van der Waals surface area contributed by atoms with Gasteiger partial charge >= 0.3 is 0 Å². The molecule has 0 saturated heterocycles. The number of nitrogens with one attached hydrogen (secondary N) is 1. The minimum Gasteiger partial charge on any atom is -0.398 e. The number of amides is 1. The van der Waals surface area contributed by atoms with Crippen LogP contribution in [-0.2, 0) is 0 Å². The molecule has 0 radical (unpaired) electrons. The van der Waals surface area contributed by atoms with Crippen LogP contribution in [0.4, 0.5) is 10.8 Å². The Hall–Kier alpha value is -2.02. The Balaban J connectivity index is 2.24. The Kier molecular flexibility index (Phi) is 2.78. The molecule has 1 aromatic heterocycles. The first kappa shape index (κ1) is 10.5. The van der Waals surface area contributed by atoms with E-state index in [2.05, 4.69) is 20.1 Å². The summed E-state index contributed by atoms with van der Waals surface area (Å²) in [6.07, 6.45) is 0. The van der Waals surface area contributed by atoms with Gasteiger partial charge in [0.15, 0.2) is 0 Å². The summed E-state index contributed by atoms with van der Waals surface area (Å²) in [6.45, 7) is 1.79. The summed E-state index contributed by atoms with van der Waals surface area (Å²) in [7, 11) is 0. The van der Waals surface area contributed by atoms with E-state index in [-0.39, 0.29) is 5.91 Å². The van der Waals surface area contributed by atoms with Gasteiger partial charge in [-0.05, 0) is 29.8 Å². The average Bonchev–Trinajstić information content (AvgIpc) is 2.74. The number of benzene rings is 1. The molecule has 16 heavy (non-hydrogen) atoms. The van der Waals surface area contributed by atoms with Crippen LogP contribution in [0.2, 0.25) is 0 Å². The number of hydrogen-bond acceptors (Lipinski definition) is 6. The van der Waals surface area contributed by atoms with Gasteiger partial charge in [0.25, 0.3) is 5.91 Å². The van der Waals surface area contributed by atoms with Crippen molar-refractivity contribution in [2.75, 3.05) is 11.1 Å². The van der Waals surface area contributed by atoms with Crippen LogP contribution in [0.25, 0.3) is 0 Å². The van der Waals surface area contributed by atoms with Crippen molar-refractivity contribution in [1.29, 1.82) is 0 Å². The summed E-state index contributed by atoms with van der Waals surface area (Å²) in [5.74, 6) is -0.261.